The molecule has 0 radical (unpaired) electrons. The predicted molar refractivity (Wildman–Crippen MR) is 66.5 cm³/mol. The van der Waals surface area contributed by atoms with E-state index in [1.54, 1.807) is 6.92 Å². The summed E-state index contributed by atoms with van der Waals surface area (Å²) in [5, 5.41) is 10.7. The maximum atomic E-state index is 11.3. The fourth-order valence-electron chi connectivity index (χ4n) is 1.38. The summed E-state index contributed by atoms with van der Waals surface area (Å²) >= 11 is 3.14. The lowest BCUT2D eigenvalue weighted by Gasteiger charge is -2.06. The number of benzene rings is 1. The van der Waals surface area contributed by atoms with E-state index in [-0.39, 0.29) is 24.3 Å². The van der Waals surface area contributed by atoms with Crippen molar-refractivity contribution in [1.29, 1.82) is 0 Å². The van der Waals surface area contributed by atoms with Crippen LogP contribution in [-0.4, -0.2) is 23.8 Å². The van der Waals surface area contributed by atoms with Gasteiger partial charge in [-0.25, -0.2) is 0 Å². The number of nitrogens with zero attached hydrogens (tertiary/aromatic N) is 1. The Morgan fingerprint density at radius 1 is 1.56 bits per heavy atom. The van der Waals surface area contributed by atoms with Crippen LogP contribution >= 0.6 is 15.9 Å². The van der Waals surface area contributed by atoms with Gasteiger partial charge in [-0.3, -0.25) is 19.7 Å². The van der Waals surface area contributed by atoms with Gasteiger partial charge in [0.15, 0.2) is 6.29 Å². The largest absolute Gasteiger partial charge is 0.466 e. The minimum atomic E-state index is -0.617. The summed E-state index contributed by atoms with van der Waals surface area (Å²) in [4.78, 5) is 32.2. The first-order valence-electron chi connectivity index (χ1n) is 5.07. The van der Waals surface area contributed by atoms with Crippen molar-refractivity contribution < 1.29 is 19.2 Å². The number of ether oxygens (including phenoxy) is 1. The van der Waals surface area contributed by atoms with Crippen LogP contribution in [0.4, 0.5) is 5.69 Å². The number of esters is 1. The Labute approximate surface area is 111 Å². The molecular formula is C11H10BrNO5. The average molecular weight is 316 g/mol. The van der Waals surface area contributed by atoms with Gasteiger partial charge in [0.05, 0.1) is 18.0 Å². The second kappa shape index (κ2) is 6.25. The number of halogens is 1. The zero-order chi connectivity index (χ0) is 13.7. The number of hydrogen-bond acceptors (Lipinski definition) is 5. The van der Waals surface area contributed by atoms with Gasteiger partial charge in [-0.05, 0) is 28.4 Å². The van der Waals surface area contributed by atoms with Crippen LogP contribution in [0.15, 0.2) is 16.6 Å². The average Bonchev–Trinajstić information content (AvgIpc) is 2.31. The Bertz CT molecular complexity index is 500. The van der Waals surface area contributed by atoms with Crippen molar-refractivity contribution in [2.45, 2.75) is 13.3 Å². The maximum absolute atomic E-state index is 11.3. The van der Waals surface area contributed by atoms with E-state index in [0.717, 1.165) is 6.07 Å². The van der Waals surface area contributed by atoms with Crippen LogP contribution in [0.2, 0.25) is 0 Å². The molecule has 0 spiro atoms. The second-order valence-electron chi connectivity index (χ2n) is 3.36. The molecule has 1 rings (SSSR count). The molecule has 0 saturated carbocycles. The van der Waals surface area contributed by atoms with E-state index in [4.69, 9.17) is 4.74 Å². The SMILES string of the molecule is CCOC(=O)Cc1cc([N+](=O)[O-])cc(C=O)c1Br. The van der Waals surface area contributed by atoms with Crippen molar-refractivity contribution in [3.05, 3.63) is 37.8 Å². The van der Waals surface area contributed by atoms with Gasteiger partial charge in [0.1, 0.15) is 0 Å². The zero-order valence-corrected chi connectivity index (χ0v) is 11.1. The van der Waals surface area contributed by atoms with Crippen LogP contribution in [0, 0.1) is 10.1 Å². The van der Waals surface area contributed by atoms with Crippen molar-refractivity contribution in [2.75, 3.05) is 6.61 Å². The monoisotopic (exact) mass is 315 g/mol. The molecule has 18 heavy (non-hydrogen) atoms. The van der Waals surface area contributed by atoms with Gasteiger partial charge in [0, 0.05) is 22.2 Å². The summed E-state index contributed by atoms with van der Waals surface area (Å²) in [5.41, 5.74) is 0.243. The second-order valence-corrected chi connectivity index (χ2v) is 4.16. The first-order valence-corrected chi connectivity index (χ1v) is 5.86. The first-order chi connectivity index (χ1) is 8.49. The number of carbonyl (C=O) groups is 2. The van der Waals surface area contributed by atoms with E-state index in [1.807, 2.05) is 0 Å². The molecule has 1 aromatic rings. The highest BCUT2D eigenvalue weighted by Gasteiger charge is 2.17. The molecule has 1 aromatic carbocycles. The van der Waals surface area contributed by atoms with Gasteiger partial charge in [-0.1, -0.05) is 0 Å². The molecular weight excluding hydrogens is 306 g/mol. The molecule has 0 amide bonds. The number of aldehydes is 1. The molecule has 0 aliphatic heterocycles. The van der Waals surface area contributed by atoms with Crippen LogP contribution in [0.5, 0.6) is 0 Å². The van der Waals surface area contributed by atoms with Gasteiger partial charge < -0.3 is 4.74 Å². The maximum Gasteiger partial charge on any atom is 0.310 e. The molecule has 0 heterocycles. The molecule has 0 aromatic heterocycles. The molecule has 6 nitrogen and oxygen atoms in total. The number of carbonyl (C=O) groups excluding carboxylic acids is 2. The van der Waals surface area contributed by atoms with Gasteiger partial charge >= 0.3 is 5.97 Å². The third-order valence-electron chi connectivity index (χ3n) is 2.14. The Hall–Kier alpha value is -1.76. The van der Waals surface area contributed by atoms with Crippen molar-refractivity contribution in [1.82, 2.24) is 0 Å². The minimum Gasteiger partial charge on any atom is -0.466 e. The van der Waals surface area contributed by atoms with Gasteiger partial charge in [0.2, 0.25) is 0 Å². The highest BCUT2D eigenvalue weighted by Crippen LogP contribution is 2.27. The normalized spacial score (nSPS) is 9.89. The summed E-state index contributed by atoms with van der Waals surface area (Å²) in [6.07, 6.45) is 0.364. The molecule has 0 aliphatic rings. The topological polar surface area (TPSA) is 86.5 Å². The fourth-order valence-corrected chi connectivity index (χ4v) is 1.84. The summed E-state index contributed by atoms with van der Waals surface area (Å²) in [5.74, 6) is -0.504. The molecule has 96 valence electrons. The van der Waals surface area contributed by atoms with E-state index in [0.29, 0.717) is 16.3 Å². The Balaban J connectivity index is 3.16. The molecule has 0 fully saturated rings. The highest BCUT2D eigenvalue weighted by atomic mass is 79.9. The van der Waals surface area contributed by atoms with Crippen molar-refractivity contribution in [3.63, 3.8) is 0 Å². The lowest BCUT2D eigenvalue weighted by atomic mass is 10.1. The van der Waals surface area contributed by atoms with Gasteiger partial charge in [-0.2, -0.15) is 0 Å². The van der Waals surface area contributed by atoms with Crippen LogP contribution in [-0.2, 0) is 16.0 Å². The summed E-state index contributed by atoms with van der Waals surface area (Å²) in [6, 6.07) is 2.39. The third-order valence-corrected chi connectivity index (χ3v) is 3.11. The number of hydrogen-bond donors (Lipinski definition) is 0. The summed E-state index contributed by atoms with van der Waals surface area (Å²) in [6.45, 7) is 1.89. The Morgan fingerprint density at radius 2 is 2.22 bits per heavy atom. The number of nitro groups is 1. The minimum absolute atomic E-state index is 0.128. The fraction of sp³-hybridized carbons (Fsp3) is 0.273. The zero-order valence-electron chi connectivity index (χ0n) is 9.51. The van der Waals surface area contributed by atoms with Crippen molar-refractivity contribution in [3.8, 4) is 0 Å². The van der Waals surface area contributed by atoms with Crippen molar-refractivity contribution in [2.24, 2.45) is 0 Å². The molecule has 0 bridgehead atoms. The van der Waals surface area contributed by atoms with Crippen LogP contribution in [0.1, 0.15) is 22.8 Å². The van der Waals surface area contributed by atoms with E-state index >= 15 is 0 Å². The van der Waals surface area contributed by atoms with E-state index in [9.17, 15) is 19.7 Å². The Morgan fingerprint density at radius 3 is 2.72 bits per heavy atom. The first kappa shape index (κ1) is 14.3. The molecule has 7 heteroatoms. The predicted octanol–water partition coefficient (Wildman–Crippen LogP) is 2.28. The summed E-state index contributed by atoms with van der Waals surface area (Å²) < 4.78 is 5.13. The lowest BCUT2D eigenvalue weighted by molar-refractivity contribution is -0.384. The number of non-ortho nitro benzene ring substituents is 1. The van der Waals surface area contributed by atoms with Crippen LogP contribution in [0.3, 0.4) is 0 Å². The molecule has 0 unspecified atom stereocenters. The quantitative estimate of drug-likeness (QED) is 0.360. The Kier molecular flexibility index (Phi) is 4.96. The number of rotatable bonds is 5. The van der Waals surface area contributed by atoms with Gasteiger partial charge in [-0.15, -0.1) is 0 Å². The lowest BCUT2D eigenvalue weighted by Crippen LogP contribution is -2.09. The molecule has 0 saturated heterocycles. The van der Waals surface area contributed by atoms with Crippen molar-refractivity contribution >= 4 is 33.9 Å². The van der Waals surface area contributed by atoms with Crippen LogP contribution in [0.25, 0.3) is 0 Å². The van der Waals surface area contributed by atoms with Crippen LogP contribution < -0.4 is 0 Å². The molecule has 0 aliphatic carbocycles. The highest BCUT2D eigenvalue weighted by molar-refractivity contribution is 9.10. The van der Waals surface area contributed by atoms with Gasteiger partial charge in [0.25, 0.3) is 5.69 Å². The number of nitro benzene ring substituents is 1. The third kappa shape index (κ3) is 3.36. The standard InChI is InChI=1S/C11H10BrNO5/c1-2-18-10(15)5-7-3-9(13(16)17)4-8(6-14)11(7)12/h3-4,6H,2,5H2,1H3. The van der Waals surface area contributed by atoms with E-state index in [2.05, 4.69) is 15.9 Å². The van der Waals surface area contributed by atoms with E-state index < -0.39 is 10.9 Å². The smallest absolute Gasteiger partial charge is 0.310 e. The molecule has 0 N–H and O–H groups in total. The summed E-state index contributed by atoms with van der Waals surface area (Å²) in [7, 11) is 0. The van der Waals surface area contributed by atoms with E-state index in [1.165, 1.54) is 6.07 Å². The molecule has 0 atom stereocenters.